The van der Waals surface area contributed by atoms with Gasteiger partial charge < -0.3 is 15.2 Å². The van der Waals surface area contributed by atoms with E-state index >= 15 is 0 Å². The van der Waals surface area contributed by atoms with Crippen molar-refractivity contribution in [3.8, 4) is 11.6 Å². The summed E-state index contributed by atoms with van der Waals surface area (Å²) in [5, 5.41) is 12.8. The number of nitrogens with one attached hydrogen (secondary N) is 1. The monoisotopic (exact) mass is 414 g/mol. The number of carbonyl (C=O) groups excluding carboxylic acids is 1. The van der Waals surface area contributed by atoms with Crippen LogP contribution in [0.1, 0.15) is 66.2 Å². The van der Waals surface area contributed by atoms with E-state index in [0.29, 0.717) is 22.2 Å². The summed E-state index contributed by atoms with van der Waals surface area (Å²) in [6.45, 7) is 2.08. The maximum atomic E-state index is 12.8. The van der Waals surface area contributed by atoms with Gasteiger partial charge in [0.25, 0.3) is 5.91 Å². The van der Waals surface area contributed by atoms with Crippen molar-refractivity contribution in [3.05, 3.63) is 47.5 Å². The Kier molecular flexibility index (Phi) is 7.52. The lowest BCUT2D eigenvalue weighted by atomic mass is 9.95. The van der Waals surface area contributed by atoms with Crippen molar-refractivity contribution < 1.29 is 19.4 Å². The molecule has 1 heterocycles. The van der Waals surface area contributed by atoms with Crippen LogP contribution in [0.2, 0.25) is 0 Å². The number of ether oxygens (including phenoxy) is 1. The summed E-state index contributed by atoms with van der Waals surface area (Å²) < 4.78 is 5.77. The molecule has 7 heteroatoms. The van der Waals surface area contributed by atoms with E-state index in [4.69, 9.17) is 9.84 Å². The van der Waals surface area contributed by atoms with Gasteiger partial charge in [-0.2, -0.15) is 0 Å². The smallest absolute Gasteiger partial charge is 0.335 e. The van der Waals surface area contributed by atoms with Crippen LogP contribution >= 0.6 is 11.8 Å². The number of thioether (sulfide) groups is 1. The minimum atomic E-state index is -0.985. The van der Waals surface area contributed by atoms with Crippen molar-refractivity contribution in [2.75, 3.05) is 5.75 Å². The molecule has 0 atom stereocenters. The van der Waals surface area contributed by atoms with E-state index in [9.17, 15) is 9.59 Å². The van der Waals surface area contributed by atoms with E-state index in [1.54, 1.807) is 24.3 Å². The minimum Gasteiger partial charge on any atom is -0.478 e. The predicted molar refractivity (Wildman–Crippen MR) is 113 cm³/mol. The van der Waals surface area contributed by atoms with Crippen molar-refractivity contribution in [3.63, 3.8) is 0 Å². The summed E-state index contributed by atoms with van der Waals surface area (Å²) in [4.78, 5) is 28.3. The second-order valence-corrected chi connectivity index (χ2v) is 8.17. The van der Waals surface area contributed by atoms with Crippen molar-refractivity contribution in [2.24, 2.45) is 0 Å². The van der Waals surface area contributed by atoms with Gasteiger partial charge in [0, 0.05) is 12.1 Å². The highest BCUT2D eigenvalue weighted by Gasteiger charge is 2.20. The quantitative estimate of drug-likeness (QED) is 0.582. The first-order valence-electron chi connectivity index (χ1n) is 10.0. The average molecular weight is 415 g/mol. The molecule has 2 N–H and O–H groups in total. The third-order valence-corrected chi connectivity index (χ3v) is 5.98. The summed E-state index contributed by atoms with van der Waals surface area (Å²) in [5.41, 5.74) is 0.766. The number of carboxylic acid groups (broad SMARTS) is 1. The molecule has 1 amide bonds. The molecular formula is C22H26N2O4S. The predicted octanol–water partition coefficient (Wildman–Crippen LogP) is 5.14. The second kappa shape index (κ2) is 10.3. The van der Waals surface area contributed by atoms with Crippen LogP contribution in [-0.4, -0.2) is 33.8 Å². The highest BCUT2D eigenvalue weighted by atomic mass is 32.2. The largest absolute Gasteiger partial charge is 0.478 e. The van der Waals surface area contributed by atoms with Crippen molar-refractivity contribution in [1.29, 1.82) is 0 Å². The molecule has 1 aromatic heterocycles. The Bertz CT molecular complexity index is 848. The van der Waals surface area contributed by atoms with Gasteiger partial charge in [-0.1, -0.05) is 26.2 Å². The number of amides is 1. The zero-order valence-electron chi connectivity index (χ0n) is 16.5. The van der Waals surface area contributed by atoms with Crippen LogP contribution in [-0.2, 0) is 0 Å². The van der Waals surface area contributed by atoms with Crippen LogP contribution in [0.4, 0.5) is 0 Å². The number of aromatic carboxylic acids is 1. The number of rotatable bonds is 8. The van der Waals surface area contributed by atoms with Gasteiger partial charge in [-0.25, -0.2) is 9.78 Å². The van der Waals surface area contributed by atoms with Gasteiger partial charge in [-0.05, 0) is 55.3 Å². The van der Waals surface area contributed by atoms with Crippen LogP contribution in [0.25, 0.3) is 0 Å². The molecule has 3 rings (SSSR count). The van der Waals surface area contributed by atoms with Crippen LogP contribution in [0, 0.1) is 0 Å². The van der Waals surface area contributed by atoms with E-state index in [1.165, 1.54) is 30.3 Å². The molecule has 29 heavy (non-hydrogen) atoms. The van der Waals surface area contributed by atoms with Crippen LogP contribution < -0.4 is 10.1 Å². The molecule has 6 nitrogen and oxygen atoms in total. The molecule has 1 saturated carbocycles. The molecule has 0 saturated heterocycles. The number of aromatic nitrogens is 1. The molecule has 0 unspecified atom stereocenters. The Morgan fingerprint density at radius 2 is 1.86 bits per heavy atom. The van der Waals surface area contributed by atoms with E-state index in [2.05, 4.69) is 17.2 Å². The van der Waals surface area contributed by atoms with Crippen molar-refractivity contribution in [2.45, 2.75) is 56.5 Å². The summed E-state index contributed by atoms with van der Waals surface area (Å²) >= 11 is 1.54. The molecule has 1 aliphatic rings. The number of carbonyl (C=O) groups is 2. The number of hydrogen-bond acceptors (Lipinski definition) is 5. The van der Waals surface area contributed by atoms with E-state index in [1.807, 2.05) is 0 Å². The first kappa shape index (κ1) is 21.2. The number of benzene rings is 1. The van der Waals surface area contributed by atoms with Crippen molar-refractivity contribution in [1.82, 2.24) is 10.3 Å². The Morgan fingerprint density at radius 3 is 2.52 bits per heavy atom. The van der Waals surface area contributed by atoms with Gasteiger partial charge in [-0.15, -0.1) is 11.8 Å². The number of nitrogens with zero attached hydrogens (tertiary/aromatic N) is 1. The van der Waals surface area contributed by atoms with Gasteiger partial charge in [0.05, 0.1) is 11.1 Å². The molecule has 1 fully saturated rings. The molecule has 0 radical (unpaired) electrons. The van der Waals surface area contributed by atoms with E-state index < -0.39 is 5.97 Å². The van der Waals surface area contributed by atoms with Crippen LogP contribution in [0.5, 0.6) is 11.6 Å². The maximum absolute atomic E-state index is 12.8. The Balaban J connectivity index is 1.75. The normalized spacial score (nSPS) is 14.4. The number of hydrogen-bond donors (Lipinski definition) is 2. The SMILES string of the molecule is CCCSc1nc(Oc2ccc(C(=O)O)cc2)ccc1C(=O)NC1CCCCC1. The molecule has 0 spiro atoms. The lowest BCUT2D eigenvalue weighted by molar-refractivity contribution is 0.0696. The lowest BCUT2D eigenvalue weighted by Crippen LogP contribution is -2.36. The van der Waals surface area contributed by atoms with Gasteiger partial charge in [0.2, 0.25) is 5.88 Å². The summed E-state index contributed by atoms with van der Waals surface area (Å²) in [5.74, 6) is 0.656. The molecule has 0 bridgehead atoms. The fourth-order valence-corrected chi connectivity index (χ4v) is 4.13. The van der Waals surface area contributed by atoms with Crippen molar-refractivity contribution >= 4 is 23.6 Å². The van der Waals surface area contributed by atoms with Gasteiger partial charge in [-0.3, -0.25) is 4.79 Å². The second-order valence-electron chi connectivity index (χ2n) is 7.09. The third kappa shape index (κ3) is 5.97. The Hall–Kier alpha value is -2.54. The van der Waals surface area contributed by atoms with E-state index in [-0.39, 0.29) is 17.5 Å². The Labute approximate surface area is 175 Å². The third-order valence-electron chi connectivity index (χ3n) is 4.79. The first-order valence-corrected chi connectivity index (χ1v) is 11.0. The average Bonchev–Trinajstić information content (AvgIpc) is 2.73. The lowest BCUT2D eigenvalue weighted by Gasteiger charge is -2.23. The minimum absolute atomic E-state index is 0.0830. The fraction of sp³-hybridized carbons (Fsp3) is 0.409. The zero-order chi connectivity index (χ0) is 20.6. The highest BCUT2D eigenvalue weighted by molar-refractivity contribution is 7.99. The summed E-state index contributed by atoms with van der Waals surface area (Å²) in [6, 6.07) is 9.82. The first-order chi connectivity index (χ1) is 14.1. The molecule has 1 aliphatic carbocycles. The van der Waals surface area contributed by atoms with Gasteiger partial charge in [0.1, 0.15) is 10.8 Å². The van der Waals surface area contributed by atoms with Crippen LogP contribution in [0.3, 0.4) is 0 Å². The molecular weight excluding hydrogens is 388 g/mol. The summed E-state index contributed by atoms with van der Waals surface area (Å²) in [7, 11) is 0. The Morgan fingerprint density at radius 1 is 1.14 bits per heavy atom. The maximum Gasteiger partial charge on any atom is 0.335 e. The van der Waals surface area contributed by atoms with Gasteiger partial charge in [0.15, 0.2) is 0 Å². The molecule has 0 aliphatic heterocycles. The number of pyridine rings is 1. The zero-order valence-corrected chi connectivity index (χ0v) is 17.3. The van der Waals surface area contributed by atoms with Crippen LogP contribution in [0.15, 0.2) is 41.4 Å². The topological polar surface area (TPSA) is 88.5 Å². The number of carboxylic acids is 1. The highest BCUT2D eigenvalue weighted by Crippen LogP contribution is 2.28. The molecule has 1 aromatic carbocycles. The molecule has 2 aromatic rings. The fourth-order valence-electron chi connectivity index (χ4n) is 3.26. The summed E-state index contributed by atoms with van der Waals surface area (Å²) in [6.07, 6.45) is 6.60. The standard InChI is InChI=1S/C22H26N2O4S/c1-2-14-29-21-18(20(25)23-16-6-4-3-5-7-16)12-13-19(24-21)28-17-10-8-15(9-11-17)22(26)27/h8-13,16H,2-7,14H2,1H3,(H,23,25)(H,26,27). The van der Waals surface area contributed by atoms with E-state index in [0.717, 1.165) is 37.9 Å². The van der Waals surface area contributed by atoms with Gasteiger partial charge >= 0.3 is 5.97 Å². The molecule has 154 valence electrons.